The van der Waals surface area contributed by atoms with Gasteiger partial charge in [0.25, 0.3) is 0 Å². The third-order valence-electron chi connectivity index (χ3n) is 4.56. The fourth-order valence-electron chi connectivity index (χ4n) is 3.25. The van der Waals surface area contributed by atoms with Crippen molar-refractivity contribution in [2.45, 2.75) is 32.9 Å². The van der Waals surface area contributed by atoms with Crippen LogP contribution in [-0.4, -0.2) is 63.2 Å². The van der Waals surface area contributed by atoms with Crippen LogP contribution in [-0.2, 0) is 18.4 Å². The molecule has 136 valence electrons. The zero-order chi connectivity index (χ0) is 18.0. The summed E-state index contributed by atoms with van der Waals surface area (Å²) in [6.07, 6.45) is 2.78. The van der Waals surface area contributed by atoms with Crippen LogP contribution in [0.4, 0.5) is 5.82 Å². The van der Waals surface area contributed by atoms with E-state index >= 15 is 0 Å². The summed E-state index contributed by atoms with van der Waals surface area (Å²) in [7, 11) is 3.90. The van der Waals surface area contributed by atoms with Crippen molar-refractivity contribution in [1.29, 1.82) is 0 Å². The van der Waals surface area contributed by atoms with Gasteiger partial charge in [-0.1, -0.05) is 0 Å². The second-order valence-electron chi connectivity index (χ2n) is 6.80. The highest BCUT2D eigenvalue weighted by Gasteiger charge is 2.27. The molecule has 1 amide bonds. The van der Waals surface area contributed by atoms with Gasteiger partial charge in [-0.3, -0.25) is 19.3 Å². The van der Waals surface area contributed by atoms with E-state index in [1.54, 1.807) is 10.9 Å². The molecule has 0 unspecified atom stereocenters. The molecule has 3 heterocycles. The summed E-state index contributed by atoms with van der Waals surface area (Å²) in [6.45, 7) is 6.67. The van der Waals surface area contributed by atoms with Crippen LogP contribution in [0.5, 0.6) is 0 Å². The minimum atomic E-state index is -0.00497. The molecule has 0 aromatic carbocycles. The first-order valence-corrected chi connectivity index (χ1v) is 8.55. The molecular formula is C17H26N6O2. The third kappa shape index (κ3) is 4.46. The molecule has 1 atom stereocenters. The van der Waals surface area contributed by atoms with Crippen LogP contribution in [0, 0.1) is 13.8 Å². The Morgan fingerprint density at radius 2 is 2.28 bits per heavy atom. The second kappa shape index (κ2) is 7.37. The SMILES string of the molecule is Cc1cc(NC(=O)CN2CC[C@@H](N(C)Cc3ncc(C)o3)C2)n(C)n1. The number of nitrogens with zero attached hydrogens (tertiary/aromatic N) is 5. The zero-order valence-electron chi connectivity index (χ0n) is 15.3. The van der Waals surface area contributed by atoms with Crippen LogP contribution < -0.4 is 5.32 Å². The summed E-state index contributed by atoms with van der Waals surface area (Å²) in [4.78, 5) is 20.9. The molecule has 1 saturated heterocycles. The molecule has 2 aromatic rings. The highest BCUT2D eigenvalue weighted by Crippen LogP contribution is 2.17. The number of carbonyl (C=O) groups is 1. The smallest absolute Gasteiger partial charge is 0.239 e. The molecule has 8 nitrogen and oxygen atoms in total. The molecule has 1 fully saturated rings. The van der Waals surface area contributed by atoms with Crippen LogP contribution in [0.15, 0.2) is 16.7 Å². The average Bonchev–Trinajstić information content (AvgIpc) is 3.22. The van der Waals surface area contributed by atoms with E-state index in [1.807, 2.05) is 27.0 Å². The molecule has 0 spiro atoms. The van der Waals surface area contributed by atoms with Crippen LogP contribution in [0.25, 0.3) is 0 Å². The summed E-state index contributed by atoms with van der Waals surface area (Å²) >= 11 is 0. The van der Waals surface area contributed by atoms with Crippen molar-refractivity contribution in [3.05, 3.63) is 29.6 Å². The van der Waals surface area contributed by atoms with Crippen molar-refractivity contribution in [2.24, 2.45) is 7.05 Å². The predicted molar refractivity (Wildman–Crippen MR) is 94.1 cm³/mol. The lowest BCUT2D eigenvalue weighted by atomic mass is 10.2. The highest BCUT2D eigenvalue weighted by molar-refractivity contribution is 5.91. The van der Waals surface area contributed by atoms with E-state index < -0.39 is 0 Å². The Hall–Kier alpha value is -2.19. The fourth-order valence-corrected chi connectivity index (χ4v) is 3.25. The molecule has 1 N–H and O–H groups in total. The van der Waals surface area contributed by atoms with Gasteiger partial charge in [-0.15, -0.1) is 0 Å². The van der Waals surface area contributed by atoms with Crippen molar-refractivity contribution in [1.82, 2.24) is 24.6 Å². The molecule has 0 aliphatic carbocycles. The summed E-state index contributed by atoms with van der Waals surface area (Å²) in [6, 6.07) is 2.27. The molecule has 1 aliphatic heterocycles. The number of anilines is 1. The summed E-state index contributed by atoms with van der Waals surface area (Å²) < 4.78 is 7.23. The lowest BCUT2D eigenvalue weighted by molar-refractivity contribution is -0.117. The first kappa shape index (κ1) is 17.6. The third-order valence-corrected chi connectivity index (χ3v) is 4.56. The number of likely N-dealkylation sites (tertiary alicyclic amines) is 1. The van der Waals surface area contributed by atoms with Gasteiger partial charge >= 0.3 is 0 Å². The quantitative estimate of drug-likeness (QED) is 0.846. The Labute approximate surface area is 147 Å². The molecule has 0 saturated carbocycles. The number of rotatable bonds is 6. The van der Waals surface area contributed by atoms with Crippen molar-refractivity contribution >= 4 is 11.7 Å². The van der Waals surface area contributed by atoms with Gasteiger partial charge in [-0.2, -0.15) is 5.10 Å². The van der Waals surface area contributed by atoms with Gasteiger partial charge in [0, 0.05) is 32.2 Å². The molecule has 2 aromatic heterocycles. The highest BCUT2D eigenvalue weighted by atomic mass is 16.4. The number of aryl methyl sites for hydroxylation is 3. The maximum Gasteiger partial charge on any atom is 0.239 e. The number of hydrogen-bond donors (Lipinski definition) is 1. The van der Waals surface area contributed by atoms with E-state index in [4.69, 9.17) is 4.42 Å². The molecule has 8 heteroatoms. The Bertz CT molecular complexity index is 737. The van der Waals surface area contributed by atoms with Gasteiger partial charge in [0.15, 0.2) is 0 Å². The Balaban J connectivity index is 1.47. The van der Waals surface area contributed by atoms with Gasteiger partial charge in [-0.25, -0.2) is 4.98 Å². The maximum atomic E-state index is 12.3. The number of amides is 1. The number of likely N-dealkylation sites (N-methyl/N-ethyl adjacent to an activating group) is 1. The lowest BCUT2D eigenvalue weighted by Crippen LogP contribution is -2.37. The average molecular weight is 346 g/mol. The van der Waals surface area contributed by atoms with E-state index in [1.165, 1.54) is 0 Å². The van der Waals surface area contributed by atoms with Gasteiger partial charge in [0.2, 0.25) is 11.8 Å². The minimum Gasteiger partial charge on any atom is -0.445 e. The summed E-state index contributed by atoms with van der Waals surface area (Å²) in [5.74, 6) is 2.30. The molecule has 0 radical (unpaired) electrons. The van der Waals surface area contributed by atoms with Gasteiger partial charge in [-0.05, 0) is 27.3 Å². The number of oxazole rings is 1. The standard InChI is InChI=1S/C17H26N6O2/c1-12-7-15(22(4)20-12)19-16(24)10-23-6-5-14(9-23)21(3)11-17-18-8-13(2)25-17/h7-8,14H,5-6,9-11H2,1-4H3,(H,19,24)/t14-/m1/s1. The van der Waals surface area contributed by atoms with Crippen molar-refractivity contribution < 1.29 is 9.21 Å². The van der Waals surface area contributed by atoms with E-state index in [0.717, 1.165) is 42.7 Å². The number of carbonyl (C=O) groups excluding carboxylic acids is 1. The van der Waals surface area contributed by atoms with Crippen molar-refractivity contribution in [2.75, 3.05) is 32.0 Å². The molecular weight excluding hydrogens is 320 g/mol. The normalized spacial score (nSPS) is 18.2. The van der Waals surface area contributed by atoms with Crippen LogP contribution >= 0.6 is 0 Å². The van der Waals surface area contributed by atoms with Crippen LogP contribution in [0.3, 0.4) is 0 Å². The molecule has 1 aliphatic rings. The monoisotopic (exact) mass is 346 g/mol. The van der Waals surface area contributed by atoms with E-state index in [0.29, 0.717) is 19.1 Å². The topological polar surface area (TPSA) is 79.4 Å². The molecule has 0 bridgehead atoms. The first-order valence-electron chi connectivity index (χ1n) is 8.55. The molecule has 3 rings (SSSR count). The van der Waals surface area contributed by atoms with E-state index in [2.05, 4.69) is 32.2 Å². The maximum absolute atomic E-state index is 12.3. The summed E-state index contributed by atoms with van der Waals surface area (Å²) in [5, 5.41) is 7.17. The first-order chi connectivity index (χ1) is 11.9. The number of aromatic nitrogens is 3. The Morgan fingerprint density at radius 3 is 2.92 bits per heavy atom. The molecule has 25 heavy (non-hydrogen) atoms. The Kier molecular flexibility index (Phi) is 5.19. The van der Waals surface area contributed by atoms with Gasteiger partial charge in [0.05, 0.1) is 25.0 Å². The fraction of sp³-hybridized carbons (Fsp3) is 0.588. The van der Waals surface area contributed by atoms with Crippen LogP contribution in [0.2, 0.25) is 0 Å². The van der Waals surface area contributed by atoms with Gasteiger partial charge < -0.3 is 9.73 Å². The minimum absolute atomic E-state index is 0.00497. The van der Waals surface area contributed by atoms with Crippen molar-refractivity contribution in [3.63, 3.8) is 0 Å². The predicted octanol–water partition coefficient (Wildman–Crippen LogP) is 1.17. The Morgan fingerprint density at radius 1 is 1.48 bits per heavy atom. The summed E-state index contributed by atoms with van der Waals surface area (Å²) in [5.41, 5.74) is 0.891. The number of hydrogen-bond acceptors (Lipinski definition) is 6. The van der Waals surface area contributed by atoms with E-state index in [-0.39, 0.29) is 5.91 Å². The lowest BCUT2D eigenvalue weighted by Gasteiger charge is -2.23. The van der Waals surface area contributed by atoms with Gasteiger partial charge in [0.1, 0.15) is 11.6 Å². The van der Waals surface area contributed by atoms with E-state index in [9.17, 15) is 4.79 Å². The number of nitrogens with one attached hydrogen (secondary N) is 1. The second-order valence-corrected chi connectivity index (χ2v) is 6.80. The van der Waals surface area contributed by atoms with Crippen molar-refractivity contribution in [3.8, 4) is 0 Å². The zero-order valence-corrected chi connectivity index (χ0v) is 15.3. The van der Waals surface area contributed by atoms with Crippen LogP contribution in [0.1, 0.15) is 23.8 Å². The largest absolute Gasteiger partial charge is 0.445 e.